The van der Waals surface area contributed by atoms with Crippen molar-refractivity contribution in [3.05, 3.63) is 58.0 Å². The molecule has 0 bridgehead atoms. The van der Waals surface area contributed by atoms with Crippen LogP contribution in [0.4, 0.5) is 4.39 Å². The number of hydrogen-bond acceptors (Lipinski definition) is 3. The van der Waals surface area contributed by atoms with Gasteiger partial charge in [-0.05, 0) is 54.8 Å². The molecular weight excluding hydrogens is 339 g/mol. The summed E-state index contributed by atoms with van der Waals surface area (Å²) in [7, 11) is 0. The number of rotatable bonds is 5. The SMILES string of the molecule is O=C(NCCc1cccc(F)c1)C1CCCCN1C(=O)c1cccs1. The van der Waals surface area contributed by atoms with Gasteiger partial charge in [-0.2, -0.15) is 0 Å². The van der Waals surface area contributed by atoms with Crippen LogP contribution in [-0.4, -0.2) is 35.8 Å². The maximum atomic E-state index is 13.2. The summed E-state index contributed by atoms with van der Waals surface area (Å²) in [6, 6.07) is 9.58. The van der Waals surface area contributed by atoms with Crippen molar-refractivity contribution >= 4 is 23.2 Å². The largest absolute Gasteiger partial charge is 0.354 e. The molecule has 4 nitrogen and oxygen atoms in total. The predicted molar refractivity (Wildman–Crippen MR) is 96.1 cm³/mol. The monoisotopic (exact) mass is 360 g/mol. The van der Waals surface area contributed by atoms with Crippen molar-refractivity contribution in [3.63, 3.8) is 0 Å². The van der Waals surface area contributed by atoms with Gasteiger partial charge in [0, 0.05) is 13.1 Å². The molecule has 1 saturated heterocycles. The second-order valence-corrected chi connectivity index (χ2v) is 7.11. The van der Waals surface area contributed by atoms with Gasteiger partial charge >= 0.3 is 0 Å². The number of likely N-dealkylation sites (tertiary alicyclic amines) is 1. The van der Waals surface area contributed by atoms with Crippen molar-refractivity contribution in [1.29, 1.82) is 0 Å². The van der Waals surface area contributed by atoms with Crippen LogP contribution in [-0.2, 0) is 11.2 Å². The highest BCUT2D eigenvalue weighted by Crippen LogP contribution is 2.22. The van der Waals surface area contributed by atoms with Crippen LogP contribution in [0, 0.1) is 5.82 Å². The minimum Gasteiger partial charge on any atom is -0.354 e. The van der Waals surface area contributed by atoms with Crippen LogP contribution in [0.25, 0.3) is 0 Å². The smallest absolute Gasteiger partial charge is 0.264 e. The molecule has 3 rings (SSSR count). The molecule has 132 valence electrons. The molecule has 25 heavy (non-hydrogen) atoms. The molecular formula is C19H21FN2O2S. The molecule has 6 heteroatoms. The van der Waals surface area contributed by atoms with E-state index >= 15 is 0 Å². The molecule has 0 radical (unpaired) electrons. The topological polar surface area (TPSA) is 49.4 Å². The number of carbonyl (C=O) groups is 2. The summed E-state index contributed by atoms with van der Waals surface area (Å²) in [6.45, 7) is 1.04. The van der Waals surface area contributed by atoms with E-state index in [0.717, 1.165) is 18.4 Å². The van der Waals surface area contributed by atoms with Gasteiger partial charge in [0.05, 0.1) is 4.88 Å². The third-order valence-electron chi connectivity index (χ3n) is 4.40. The molecule has 2 aromatic rings. The lowest BCUT2D eigenvalue weighted by Gasteiger charge is -2.34. The van der Waals surface area contributed by atoms with Crippen molar-refractivity contribution in [2.24, 2.45) is 0 Å². The average Bonchev–Trinajstić information content (AvgIpc) is 3.16. The number of piperidine rings is 1. The van der Waals surface area contributed by atoms with Gasteiger partial charge in [-0.15, -0.1) is 11.3 Å². The lowest BCUT2D eigenvalue weighted by Crippen LogP contribution is -2.52. The summed E-state index contributed by atoms with van der Waals surface area (Å²) >= 11 is 1.40. The second kappa shape index (κ2) is 8.25. The molecule has 2 heterocycles. The quantitative estimate of drug-likeness (QED) is 0.890. The molecule has 0 aliphatic carbocycles. The first-order valence-electron chi connectivity index (χ1n) is 8.52. The van der Waals surface area contributed by atoms with Gasteiger partial charge in [0.25, 0.3) is 5.91 Å². The van der Waals surface area contributed by atoms with Crippen LogP contribution in [0.3, 0.4) is 0 Å². The van der Waals surface area contributed by atoms with E-state index in [1.54, 1.807) is 17.0 Å². The van der Waals surface area contributed by atoms with E-state index in [2.05, 4.69) is 5.32 Å². The Balaban J connectivity index is 1.58. The van der Waals surface area contributed by atoms with Gasteiger partial charge in [0.2, 0.25) is 5.91 Å². The van der Waals surface area contributed by atoms with Crippen LogP contribution in [0.1, 0.15) is 34.5 Å². The fraction of sp³-hybridized carbons (Fsp3) is 0.368. The Morgan fingerprint density at radius 3 is 2.88 bits per heavy atom. The Hall–Kier alpha value is -2.21. The Bertz CT molecular complexity index is 733. The van der Waals surface area contributed by atoms with E-state index in [1.807, 2.05) is 17.5 Å². The molecule has 1 N–H and O–H groups in total. The average molecular weight is 360 g/mol. The van der Waals surface area contributed by atoms with Crippen LogP contribution in [0.2, 0.25) is 0 Å². The number of hydrogen-bond donors (Lipinski definition) is 1. The number of amides is 2. The van der Waals surface area contributed by atoms with Gasteiger partial charge in [0.1, 0.15) is 11.9 Å². The van der Waals surface area contributed by atoms with Crippen LogP contribution in [0.15, 0.2) is 41.8 Å². The van der Waals surface area contributed by atoms with Gasteiger partial charge in [-0.25, -0.2) is 4.39 Å². The Kier molecular flexibility index (Phi) is 5.81. The van der Waals surface area contributed by atoms with Crippen LogP contribution >= 0.6 is 11.3 Å². The second-order valence-electron chi connectivity index (χ2n) is 6.16. The van der Waals surface area contributed by atoms with Crippen molar-refractivity contribution in [1.82, 2.24) is 10.2 Å². The summed E-state index contributed by atoms with van der Waals surface area (Å²) in [5.74, 6) is -0.468. The minimum absolute atomic E-state index is 0.0695. The zero-order valence-electron chi connectivity index (χ0n) is 13.9. The third kappa shape index (κ3) is 4.45. The number of thiophene rings is 1. The van der Waals surface area contributed by atoms with E-state index in [4.69, 9.17) is 0 Å². The standard InChI is InChI=1S/C19H21FN2O2S/c20-15-6-3-5-14(13-15)9-10-21-18(23)16-7-1-2-11-22(16)19(24)17-8-4-12-25-17/h3-6,8,12-13,16H,1-2,7,9-11H2,(H,21,23). The number of nitrogens with one attached hydrogen (secondary N) is 1. The number of benzene rings is 1. The zero-order chi connectivity index (χ0) is 17.6. The summed E-state index contributed by atoms with van der Waals surface area (Å²) in [5, 5.41) is 4.76. The number of carbonyl (C=O) groups excluding carboxylic acids is 2. The fourth-order valence-electron chi connectivity index (χ4n) is 3.13. The molecule has 0 spiro atoms. The molecule has 1 aromatic heterocycles. The van der Waals surface area contributed by atoms with Gasteiger partial charge in [0.15, 0.2) is 0 Å². The van der Waals surface area contributed by atoms with Crippen LogP contribution < -0.4 is 5.32 Å². The van der Waals surface area contributed by atoms with Crippen molar-refractivity contribution < 1.29 is 14.0 Å². The number of halogens is 1. The molecule has 1 atom stereocenters. The van der Waals surface area contributed by atoms with Gasteiger partial charge in [-0.1, -0.05) is 18.2 Å². The molecule has 1 fully saturated rings. The highest BCUT2D eigenvalue weighted by atomic mass is 32.1. The summed E-state index contributed by atoms with van der Waals surface area (Å²) in [4.78, 5) is 27.5. The van der Waals surface area contributed by atoms with Crippen molar-refractivity contribution in [3.8, 4) is 0 Å². The van der Waals surface area contributed by atoms with E-state index in [-0.39, 0.29) is 17.6 Å². The van der Waals surface area contributed by atoms with E-state index in [0.29, 0.717) is 30.8 Å². The molecule has 1 aromatic carbocycles. The van der Waals surface area contributed by atoms with Crippen LogP contribution in [0.5, 0.6) is 0 Å². The first-order chi connectivity index (χ1) is 12.1. The predicted octanol–water partition coefficient (Wildman–Crippen LogP) is 3.24. The zero-order valence-corrected chi connectivity index (χ0v) is 14.7. The van der Waals surface area contributed by atoms with Gasteiger partial charge in [-0.3, -0.25) is 9.59 Å². The number of nitrogens with zero attached hydrogens (tertiary/aromatic N) is 1. The Labute approximate surface area is 150 Å². The fourth-order valence-corrected chi connectivity index (χ4v) is 3.81. The highest BCUT2D eigenvalue weighted by molar-refractivity contribution is 7.12. The summed E-state index contributed by atoms with van der Waals surface area (Å²) in [5.41, 5.74) is 0.843. The Morgan fingerprint density at radius 2 is 2.12 bits per heavy atom. The first-order valence-corrected chi connectivity index (χ1v) is 9.40. The van der Waals surface area contributed by atoms with Crippen molar-refractivity contribution in [2.75, 3.05) is 13.1 Å². The van der Waals surface area contributed by atoms with Crippen molar-refractivity contribution in [2.45, 2.75) is 31.7 Å². The van der Waals surface area contributed by atoms with E-state index < -0.39 is 6.04 Å². The maximum absolute atomic E-state index is 13.2. The summed E-state index contributed by atoms with van der Waals surface area (Å²) < 4.78 is 13.2. The summed E-state index contributed by atoms with van der Waals surface area (Å²) in [6.07, 6.45) is 3.11. The first kappa shape index (κ1) is 17.6. The molecule has 2 amide bonds. The Morgan fingerprint density at radius 1 is 1.24 bits per heavy atom. The highest BCUT2D eigenvalue weighted by Gasteiger charge is 2.32. The third-order valence-corrected chi connectivity index (χ3v) is 5.26. The molecule has 0 saturated carbocycles. The lowest BCUT2D eigenvalue weighted by molar-refractivity contribution is -0.126. The normalized spacial score (nSPS) is 17.3. The van der Waals surface area contributed by atoms with Gasteiger partial charge < -0.3 is 10.2 Å². The molecule has 1 aliphatic rings. The molecule has 1 aliphatic heterocycles. The van der Waals surface area contributed by atoms with E-state index in [9.17, 15) is 14.0 Å². The molecule has 1 unspecified atom stereocenters. The lowest BCUT2D eigenvalue weighted by atomic mass is 10.0. The van der Waals surface area contributed by atoms with E-state index in [1.165, 1.54) is 23.5 Å². The maximum Gasteiger partial charge on any atom is 0.264 e. The minimum atomic E-state index is -0.421.